The predicted molar refractivity (Wildman–Crippen MR) is 89.0 cm³/mol. The van der Waals surface area contributed by atoms with Gasteiger partial charge in [-0.05, 0) is 30.3 Å². The molecule has 6 heteroatoms. The second kappa shape index (κ2) is 6.08. The number of hydrogen-bond acceptors (Lipinski definition) is 4. The van der Waals surface area contributed by atoms with E-state index in [9.17, 15) is 4.79 Å². The van der Waals surface area contributed by atoms with E-state index < -0.39 is 6.10 Å². The molecule has 0 radical (unpaired) electrons. The van der Waals surface area contributed by atoms with Crippen molar-refractivity contribution in [2.45, 2.75) is 6.10 Å². The molecule has 1 aliphatic rings. The molecule has 24 heavy (non-hydrogen) atoms. The maximum atomic E-state index is 12.4. The molecule has 1 amide bonds. The topological polar surface area (TPSA) is 76.2 Å². The fourth-order valence-electron chi connectivity index (χ4n) is 2.55. The molecule has 0 saturated heterocycles. The van der Waals surface area contributed by atoms with Gasteiger partial charge in [0.2, 0.25) is 6.10 Å². The van der Waals surface area contributed by atoms with Crippen LogP contribution >= 0.6 is 0 Å². The first-order chi connectivity index (χ1) is 11.8. The van der Waals surface area contributed by atoms with Gasteiger partial charge in [0, 0.05) is 17.4 Å². The summed E-state index contributed by atoms with van der Waals surface area (Å²) in [6, 6.07) is 16.7. The van der Waals surface area contributed by atoms with Crippen LogP contribution < -0.4 is 14.8 Å². The zero-order valence-corrected chi connectivity index (χ0v) is 12.7. The highest BCUT2D eigenvalue weighted by molar-refractivity contribution is 5.95. The first-order valence-corrected chi connectivity index (χ1v) is 7.59. The molecule has 0 saturated carbocycles. The summed E-state index contributed by atoms with van der Waals surface area (Å²) in [4.78, 5) is 12.4. The lowest BCUT2D eigenvalue weighted by molar-refractivity contribution is -0.125. The van der Waals surface area contributed by atoms with E-state index in [-0.39, 0.29) is 12.5 Å². The van der Waals surface area contributed by atoms with Crippen LogP contribution in [0.25, 0.3) is 11.3 Å². The molecule has 1 unspecified atom stereocenters. The molecule has 1 atom stereocenters. The largest absolute Gasteiger partial charge is 0.485 e. The normalized spacial score (nSPS) is 15.8. The molecule has 0 spiro atoms. The lowest BCUT2D eigenvalue weighted by Crippen LogP contribution is -2.40. The Labute approximate surface area is 138 Å². The molecule has 2 heterocycles. The Kier molecular flexibility index (Phi) is 3.63. The van der Waals surface area contributed by atoms with Crippen molar-refractivity contribution in [3.63, 3.8) is 0 Å². The fourth-order valence-corrected chi connectivity index (χ4v) is 2.55. The van der Waals surface area contributed by atoms with Gasteiger partial charge in [-0.1, -0.05) is 24.3 Å². The van der Waals surface area contributed by atoms with Crippen LogP contribution in [-0.2, 0) is 4.79 Å². The Balaban J connectivity index is 1.48. The number of ether oxygens (including phenoxy) is 2. The molecule has 1 aromatic heterocycles. The minimum absolute atomic E-state index is 0.184. The van der Waals surface area contributed by atoms with Gasteiger partial charge in [0.25, 0.3) is 5.91 Å². The summed E-state index contributed by atoms with van der Waals surface area (Å²) in [6.45, 7) is 0.184. The van der Waals surface area contributed by atoms with Crippen LogP contribution in [0.1, 0.15) is 0 Å². The predicted octanol–water partition coefficient (Wildman–Crippen LogP) is 2.86. The van der Waals surface area contributed by atoms with E-state index in [1.165, 1.54) is 0 Å². The number of H-pyrrole nitrogens is 1. The lowest BCUT2D eigenvalue weighted by atomic mass is 10.1. The van der Waals surface area contributed by atoms with Gasteiger partial charge in [0.1, 0.15) is 6.61 Å². The number of fused-ring (bicyclic) bond motifs is 1. The summed E-state index contributed by atoms with van der Waals surface area (Å²) in [7, 11) is 0. The standard InChI is InChI=1S/C18H15N3O3/c22-18(17-11-23-15-6-1-2-7-16(15)24-17)20-13-5-3-4-12(10-13)14-8-9-19-21-14/h1-10,17H,11H2,(H,19,21)(H,20,22). The molecule has 6 nitrogen and oxygen atoms in total. The Morgan fingerprint density at radius 2 is 2.00 bits per heavy atom. The van der Waals surface area contributed by atoms with E-state index in [4.69, 9.17) is 9.47 Å². The highest BCUT2D eigenvalue weighted by atomic mass is 16.6. The Bertz CT molecular complexity index is 861. The first kappa shape index (κ1) is 14.3. The zero-order valence-electron chi connectivity index (χ0n) is 12.7. The van der Waals surface area contributed by atoms with Crippen molar-refractivity contribution in [1.29, 1.82) is 0 Å². The summed E-state index contributed by atoms with van der Waals surface area (Å²) in [5.74, 6) is 0.990. The van der Waals surface area contributed by atoms with Crippen molar-refractivity contribution in [2.75, 3.05) is 11.9 Å². The highest BCUT2D eigenvalue weighted by Crippen LogP contribution is 2.31. The Hall–Kier alpha value is -3.28. The number of benzene rings is 2. The van der Waals surface area contributed by atoms with Crippen LogP contribution in [0.2, 0.25) is 0 Å². The molecule has 2 aromatic carbocycles. The molecular weight excluding hydrogens is 306 g/mol. The van der Waals surface area contributed by atoms with Gasteiger partial charge in [-0.2, -0.15) is 5.10 Å². The number of anilines is 1. The average molecular weight is 321 g/mol. The van der Waals surface area contributed by atoms with Gasteiger partial charge in [-0.25, -0.2) is 0 Å². The number of aromatic amines is 1. The van der Waals surface area contributed by atoms with Crippen molar-refractivity contribution < 1.29 is 14.3 Å². The number of rotatable bonds is 3. The maximum Gasteiger partial charge on any atom is 0.269 e. The van der Waals surface area contributed by atoms with Crippen molar-refractivity contribution in [1.82, 2.24) is 10.2 Å². The smallest absolute Gasteiger partial charge is 0.269 e. The van der Waals surface area contributed by atoms with Crippen LogP contribution in [-0.4, -0.2) is 28.8 Å². The molecule has 2 N–H and O–H groups in total. The quantitative estimate of drug-likeness (QED) is 0.778. The van der Waals surface area contributed by atoms with E-state index in [0.717, 1.165) is 11.3 Å². The molecule has 0 aliphatic carbocycles. The van der Waals surface area contributed by atoms with Crippen molar-refractivity contribution in [3.05, 3.63) is 60.8 Å². The van der Waals surface area contributed by atoms with Gasteiger partial charge < -0.3 is 14.8 Å². The number of carbonyl (C=O) groups is 1. The molecule has 0 bridgehead atoms. The summed E-state index contributed by atoms with van der Waals surface area (Å²) in [6.07, 6.45) is 1.00. The van der Waals surface area contributed by atoms with Gasteiger partial charge in [-0.15, -0.1) is 0 Å². The SMILES string of the molecule is O=C(Nc1cccc(-c2ccn[nH]2)c1)C1COc2ccccc2O1. The highest BCUT2D eigenvalue weighted by Gasteiger charge is 2.27. The van der Waals surface area contributed by atoms with E-state index in [2.05, 4.69) is 15.5 Å². The second-order valence-corrected chi connectivity index (χ2v) is 5.40. The summed E-state index contributed by atoms with van der Waals surface area (Å²) in [5, 5.41) is 9.70. The number of amides is 1. The van der Waals surface area contributed by atoms with E-state index in [0.29, 0.717) is 17.2 Å². The maximum absolute atomic E-state index is 12.4. The minimum atomic E-state index is -0.685. The fraction of sp³-hybridized carbons (Fsp3) is 0.111. The van der Waals surface area contributed by atoms with Crippen LogP contribution in [0, 0.1) is 0 Å². The molecule has 120 valence electrons. The van der Waals surface area contributed by atoms with Crippen LogP contribution in [0.3, 0.4) is 0 Å². The van der Waals surface area contributed by atoms with Crippen molar-refractivity contribution in [2.24, 2.45) is 0 Å². The van der Waals surface area contributed by atoms with Crippen LogP contribution in [0.5, 0.6) is 11.5 Å². The second-order valence-electron chi connectivity index (χ2n) is 5.40. The number of aromatic nitrogens is 2. The molecule has 4 rings (SSSR count). The Morgan fingerprint density at radius 3 is 2.83 bits per heavy atom. The zero-order chi connectivity index (χ0) is 16.4. The molecular formula is C18H15N3O3. The van der Waals surface area contributed by atoms with Gasteiger partial charge in [0.05, 0.1) is 5.69 Å². The van der Waals surface area contributed by atoms with Crippen LogP contribution in [0.15, 0.2) is 60.8 Å². The molecule has 1 aliphatic heterocycles. The summed E-state index contributed by atoms with van der Waals surface area (Å²) >= 11 is 0. The van der Waals surface area contributed by atoms with E-state index in [1.807, 2.05) is 48.5 Å². The number of hydrogen-bond donors (Lipinski definition) is 2. The molecule has 3 aromatic rings. The molecule has 0 fully saturated rings. The average Bonchev–Trinajstić information content (AvgIpc) is 3.16. The van der Waals surface area contributed by atoms with Gasteiger partial charge in [-0.3, -0.25) is 9.89 Å². The van der Waals surface area contributed by atoms with Crippen molar-refractivity contribution in [3.8, 4) is 22.8 Å². The number of nitrogens with one attached hydrogen (secondary N) is 2. The minimum Gasteiger partial charge on any atom is -0.485 e. The van der Waals surface area contributed by atoms with Gasteiger partial charge in [0.15, 0.2) is 11.5 Å². The number of nitrogens with zero attached hydrogens (tertiary/aromatic N) is 1. The monoisotopic (exact) mass is 321 g/mol. The van der Waals surface area contributed by atoms with Crippen LogP contribution in [0.4, 0.5) is 5.69 Å². The number of carbonyl (C=O) groups excluding carboxylic acids is 1. The number of para-hydroxylation sites is 2. The first-order valence-electron chi connectivity index (χ1n) is 7.59. The Morgan fingerprint density at radius 1 is 1.12 bits per heavy atom. The van der Waals surface area contributed by atoms with Gasteiger partial charge >= 0.3 is 0 Å². The summed E-state index contributed by atoms with van der Waals surface area (Å²) < 4.78 is 11.3. The lowest BCUT2D eigenvalue weighted by Gasteiger charge is -2.25. The van der Waals surface area contributed by atoms with E-state index in [1.54, 1.807) is 12.3 Å². The third-order valence-electron chi connectivity index (χ3n) is 3.74. The van der Waals surface area contributed by atoms with Crippen molar-refractivity contribution >= 4 is 11.6 Å². The summed E-state index contributed by atoms with van der Waals surface area (Å²) in [5.41, 5.74) is 2.52. The third kappa shape index (κ3) is 2.81. The van der Waals surface area contributed by atoms with E-state index >= 15 is 0 Å². The third-order valence-corrected chi connectivity index (χ3v) is 3.74.